The van der Waals surface area contributed by atoms with Gasteiger partial charge in [-0.15, -0.1) is 11.3 Å². The third-order valence-corrected chi connectivity index (χ3v) is 4.72. The summed E-state index contributed by atoms with van der Waals surface area (Å²) < 4.78 is 1.17. The second-order valence-electron chi connectivity index (χ2n) is 4.97. The molecule has 20 heavy (non-hydrogen) atoms. The fraction of sp³-hybridized carbons (Fsp3) is 0.333. The number of nitrogens with one attached hydrogen (secondary N) is 1. The molecule has 0 aliphatic heterocycles. The number of fused-ring (bicyclic) bond motifs is 1. The number of allylic oxidation sites excluding steroid dienone is 1. The molecule has 0 saturated carbocycles. The van der Waals surface area contributed by atoms with Crippen molar-refractivity contribution in [3.63, 3.8) is 0 Å². The van der Waals surface area contributed by atoms with E-state index in [-0.39, 0.29) is 12.0 Å². The van der Waals surface area contributed by atoms with Crippen molar-refractivity contribution in [1.29, 1.82) is 0 Å². The predicted molar refractivity (Wildman–Crippen MR) is 79.7 cm³/mol. The van der Waals surface area contributed by atoms with Crippen molar-refractivity contribution in [1.82, 2.24) is 10.3 Å². The van der Waals surface area contributed by atoms with Crippen molar-refractivity contribution >= 4 is 27.5 Å². The highest BCUT2D eigenvalue weighted by atomic mass is 32.1. The molecule has 2 atom stereocenters. The molecule has 5 heteroatoms. The van der Waals surface area contributed by atoms with Crippen LogP contribution >= 0.6 is 11.3 Å². The quantitative estimate of drug-likeness (QED) is 0.849. The lowest BCUT2D eigenvalue weighted by atomic mass is 9.89. The number of aliphatic carboxylic acids is 1. The molecule has 1 aliphatic carbocycles. The Morgan fingerprint density at radius 2 is 2.30 bits per heavy atom. The van der Waals surface area contributed by atoms with Crippen LogP contribution in [0.15, 0.2) is 36.5 Å². The monoisotopic (exact) mass is 288 g/mol. The van der Waals surface area contributed by atoms with E-state index in [0.717, 1.165) is 11.9 Å². The second-order valence-corrected chi connectivity index (χ2v) is 6.14. The van der Waals surface area contributed by atoms with E-state index >= 15 is 0 Å². The van der Waals surface area contributed by atoms with Crippen LogP contribution in [0.1, 0.15) is 17.7 Å². The highest BCUT2D eigenvalue weighted by molar-refractivity contribution is 7.19. The van der Waals surface area contributed by atoms with Gasteiger partial charge in [0.2, 0.25) is 0 Å². The van der Waals surface area contributed by atoms with Gasteiger partial charge in [0.25, 0.3) is 0 Å². The Balaban J connectivity index is 1.69. The summed E-state index contributed by atoms with van der Waals surface area (Å²) in [5, 5.41) is 12.6. The number of thiophene rings is 1. The summed E-state index contributed by atoms with van der Waals surface area (Å²) in [4.78, 5) is 16.7. The van der Waals surface area contributed by atoms with Crippen LogP contribution in [0.4, 0.5) is 0 Å². The van der Waals surface area contributed by atoms with Crippen LogP contribution in [0.3, 0.4) is 0 Å². The van der Waals surface area contributed by atoms with Gasteiger partial charge in [-0.05, 0) is 31.0 Å². The summed E-state index contributed by atoms with van der Waals surface area (Å²) in [7, 11) is 0. The van der Waals surface area contributed by atoms with Crippen molar-refractivity contribution < 1.29 is 9.90 Å². The molecular formula is C15H16N2O2S. The topological polar surface area (TPSA) is 62.2 Å². The van der Waals surface area contributed by atoms with Gasteiger partial charge in [-0.3, -0.25) is 9.78 Å². The van der Waals surface area contributed by atoms with E-state index in [1.165, 1.54) is 9.58 Å². The fourth-order valence-corrected chi connectivity index (χ4v) is 3.52. The van der Waals surface area contributed by atoms with Crippen LogP contribution in [0.2, 0.25) is 0 Å². The molecule has 104 valence electrons. The van der Waals surface area contributed by atoms with Gasteiger partial charge in [-0.1, -0.05) is 12.2 Å². The number of hydrogen-bond donors (Lipinski definition) is 2. The minimum Gasteiger partial charge on any atom is -0.481 e. The van der Waals surface area contributed by atoms with Crippen molar-refractivity contribution in [3.8, 4) is 0 Å². The first-order valence-electron chi connectivity index (χ1n) is 6.68. The molecule has 3 rings (SSSR count). The molecular weight excluding hydrogens is 272 g/mol. The van der Waals surface area contributed by atoms with Crippen LogP contribution in [0.25, 0.3) is 10.2 Å². The first kappa shape index (κ1) is 13.3. The normalized spacial score (nSPS) is 22.2. The molecule has 0 saturated heterocycles. The first-order valence-corrected chi connectivity index (χ1v) is 7.50. The predicted octanol–water partition coefficient (Wildman–Crippen LogP) is 2.81. The zero-order valence-corrected chi connectivity index (χ0v) is 11.8. The summed E-state index contributed by atoms with van der Waals surface area (Å²) in [6.45, 7) is 0.698. The zero-order chi connectivity index (χ0) is 13.9. The molecule has 0 unspecified atom stereocenters. The lowest BCUT2D eigenvalue weighted by molar-refractivity contribution is -0.142. The van der Waals surface area contributed by atoms with Crippen molar-refractivity contribution in [2.45, 2.75) is 25.4 Å². The van der Waals surface area contributed by atoms with Gasteiger partial charge in [0.05, 0.1) is 16.1 Å². The van der Waals surface area contributed by atoms with Crippen molar-refractivity contribution in [2.24, 2.45) is 5.92 Å². The molecule has 2 heterocycles. The number of aromatic nitrogens is 1. The SMILES string of the molecule is O=C(O)[C@@H]1CC=CC[C@@H]1NCc1cc2ncccc2s1. The maximum atomic E-state index is 11.2. The molecule has 0 fully saturated rings. The number of carboxylic acids is 1. The van der Waals surface area contributed by atoms with Crippen molar-refractivity contribution in [2.75, 3.05) is 0 Å². The van der Waals surface area contributed by atoms with E-state index in [4.69, 9.17) is 0 Å². The van der Waals surface area contributed by atoms with Gasteiger partial charge in [0, 0.05) is 23.7 Å². The van der Waals surface area contributed by atoms with E-state index in [1.54, 1.807) is 17.5 Å². The zero-order valence-electron chi connectivity index (χ0n) is 11.0. The fourth-order valence-electron chi connectivity index (χ4n) is 2.55. The van der Waals surface area contributed by atoms with Gasteiger partial charge >= 0.3 is 5.97 Å². The standard InChI is InChI=1S/C15H16N2O2S/c18-15(19)11-4-1-2-5-12(11)17-9-10-8-13-14(20-10)6-3-7-16-13/h1-3,6-8,11-12,17H,4-5,9H2,(H,18,19)/t11-,12+/m1/s1. The van der Waals surface area contributed by atoms with Gasteiger partial charge < -0.3 is 10.4 Å². The highest BCUT2D eigenvalue weighted by Crippen LogP contribution is 2.25. The highest BCUT2D eigenvalue weighted by Gasteiger charge is 2.28. The van der Waals surface area contributed by atoms with Gasteiger partial charge in [0.15, 0.2) is 0 Å². The lowest BCUT2D eigenvalue weighted by Crippen LogP contribution is -2.40. The number of carboxylic acid groups (broad SMARTS) is 1. The van der Waals surface area contributed by atoms with Gasteiger partial charge in [-0.25, -0.2) is 0 Å². The van der Waals surface area contributed by atoms with E-state index in [9.17, 15) is 9.90 Å². The molecule has 2 aromatic heterocycles. The average molecular weight is 288 g/mol. The summed E-state index contributed by atoms with van der Waals surface area (Å²) >= 11 is 1.71. The molecule has 4 nitrogen and oxygen atoms in total. The molecule has 0 amide bonds. The van der Waals surface area contributed by atoms with E-state index in [0.29, 0.717) is 13.0 Å². The number of nitrogens with zero attached hydrogens (tertiary/aromatic N) is 1. The van der Waals surface area contributed by atoms with Crippen LogP contribution < -0.4 is 5.32 Å². The summed E-state index contributed by atoms with van der Waals surface area (Å²) in [5.74, 6) is -1.04. The first-order chi connectivity index (χ1) is 9.74. The third kappa shape index (κ3) is 2.73. The Labute approximate surface area is 121 Å². The minimum absolute atomic E-state index is 0.00988. The molecule has 2 aromatic rings. The van der Waals surface area contributed by atoms with Crippen molar-refractivity contribution in [3.05, 3.63) is 41.4 Å². The van der Waals surface area contributed by atoms with E-state index in [2.05, 4.69) is 28.5 Å². The smallest absolute Gasteiger partial charge is 0.308 e. The Bertz CT molecular complexity index is 617. The molecule has 2 N–H and O–H groups in total. The summed E-state index contributed by atoms with van der Waals surface area (Å²) in [5.41, 5.74) is 1.01. The molecule has 1 aliphatic rings. The Kier molecular flexibility index (Phi) is 3.80. The maximum Gasteiger partial charge on any atom is 0.308 e. The summed E-state index contributed by atoms with van der Waals surface area (Å²) in [6, 6.07) is 6.07. The molecule has 0 spiro atoms. The van der Waals surface area contributed by atoms with E-state index < -0.39 is 5.97 Å². The van der Waals surface area contributed by atoms with E-state index in [1.807, 2.05) is 12.1 Å². The molecule has 0 aromatic carbocycles. The molecule has 0 radical (unpaired) electrons. The molecule has 0 bridgehead atoms. The van der Waals surface area contributed by atoms with Crippen LogP contribution in [0, 0.1) is 5.92 Å². The van der Waals surface area contributed by atoms with Crippen LogP contribution in [0.5, 0.6) is 0 Å². The van der Waals surface area contributed by atoms with Crippen LogP contribution in [-0.4, -0.2) is 22.1 Å². The lowest BCUT2D eigenvalue weighted by Gasteiger charge is -2.26. The number of rotatable bonds is 4. The maximum absolute atomic E-state index is 11.2. The third-order valence-electron chi connectivity index (χ3n) is 3.63. The largest absolute Gasteiger partial charge is 0.481 e. The second kappa shape index (κ2) is 5.73. The number of hydrogen-bond acceptors (Lipinski definition) is 4. The Morgan fingerprint density at radius 1 is 1.45 bits per heavy atom. The van der Waals surface area contributed by atoms with Gasteiger partial charge in [0.1, 0.15) is 0 Å². The number of carbonyl (C=O) groups is 1. The van der Waals surface area contributed by atoms with Crippen LogP contribution in [-0.2, 0) is 11.3 Å². The minimum atomic E-state index is -0.718. The van der Waals surface area contributed by atoms with Gasteiger partial charge in [-0.2, -0.15) is 0 Å². The summed E-state index contributed by atoms with van der Waals surface area (Å²) in [6.07, 6.45) is 7.20. The Morgan fingerprint density at radius 3 is 3.10 bits per heavy atom. The number of pyridine rings is 1. The average Bonchev–Trinajstić information content (AvgIpc) is 2.88. The Hall–Kier alpha value is -1.72.